The van der Waals surface area contributed by atoms with Crippen LogP contribution in [0.25, 0.3) is 0 Å². The van der Waals surface area contributed by atoms with Crippen LogP contribution >= 0.6 is 0 Å². The van der Waals surface area contributed by atoms with E-state index >= 15 is 0 Å². The largest absolute Gasteiger partial charge is 0.496 e. The second-order valence-electron chi connectivity index (χ2n) is 4.84. The third-order valence-electron chi connectivity index (χ3n) is 3.86. The average Bonchev–Trinajstić information content (AvgIpc) is 2.40. The maximum atomic E-state index is 5.53. The Hall–Kier alpha value is -1.02. The highest BCUT2D eigenvalue weighted by Gasteiger charge is 2.35. The van der Waals surface area contributed by atoms with Crippen molar-refractivity contribution in [3.63, 3.8) is 0 Å². The summed E-state index contributed by atoms with van der Waals surface area (Å²) in [6.45, 7) is 4.00. The molecule has 1 aliphatic rings. The Balaban J connectivity index is 2.37. The summed E-state index contributed by atoms with van der Waals surface area (Å²) in [5.74, 6) is 1.03. The summed E-state index contributed by atoms with van der Waals surface area (Å²) in [6.07, 6.45) is 4.65. The molecule has 17 heavy (non-hydrogen) atoms. The zero-order valence-electron chi connectivity index (χ0n) is 10.9. The van der Waals surface area contributed by atoms with Gasteiger partial charge in [-0.25, -0.2) is 0 Å². The second kappa shape index (κ2) is 5.54. The van der Waals surface area contributed by atoms with Crippen LogP contribution in [0.2, 0.25) is 0 Å². The molecule has 0 unspecified atom stereocenters. The van der Waals surface area contributed by atoms with Gasteiger partial charge < -0.3 is 9.47 Å². The summed E-state index contributed by atoms with van der Waals surface area (Å²) >= 11 is 0. The predicted octanol–water partition coefficient (Wildman–Crippen LogP) is 3.54. The van der Waals surface area contributed by atoms with Crippen LogP contribution in [-0.4, -0.2) is 20.3 Å². The highest BCUT2D eigenvalue weighted by Crippen LogP contribution is 2.42. The van der Waals surface area contributed by atoms with E-state index in [4.69, 9.17) is 9.47 Å². The molecule has 0 radical (unpaired) electrons. The summed E-state index contributed by atoms with van der Waals surface area (Å²) in [7, 11) is 1.76. The van der Waals surface area contributed by atoms with E-state index in [2.05, 4.69) is 25.1 Å². The molecular formula is C15H22O2. The van der Waals surface area contributed by atoms with E-state index in [1.165, 1.54) is 18.4 Å². The minimum atomic E-state index is 0.263. The van der Waals surface area contributed by atoms with Gasteiger partial charge >= 0.3 is 0 Å². The molecule has 0 saturated carbocycles. The lowest BCUT2D eigenvalue weighted by Crippen LogP contribution is -2.34. The van der Waals surface area contributed by atoms with Crippen LogP contribution in [0.15, 0.2) is 24.3 Å². The third-order valence-corrected chi connectivity index (χ3v) is 3.86. The molecule has 1 aromatic carbocycles. The first kappa shape index (κ1) is 12.4. The van der Waals surface area contributed by atoms with E-state index in [0.29, 0.717) is 0 Å². The lowest BCUT2D eigenvalue weighted by atomic mass is 9.71. The molecule has 1 saturated heterocycles. The number of benzene rings is 1. The first-order chi connectivity index (χ1) is 8.32. The summed E-state index contributed by atoms with van der Waals surface area (Å²) in [5, 5.41) is 0. The van der Waals surface area contributed by atoms with Gasteiger partial charge in [0.05, 0.1) is 7.11 Å². The van der Waals surface area contributed by atoms with Crippen molar-refractivity contribution in [2.24, 2.45) is 0 Å². The SMILES string of the molecule is CCCC1(c2ccccc2OC)CCOCC1. The van der Waals surface area contributed by atoms with Crippen molar-refractivity contribution < 1.29 is 9.47 Å². The third kappa shape index (κ3) is 2.47. The molecule has 0 aliphatic carbocycles. The Morgan fingerprint density at radius 2 is 1.94 bits per heavy atom. The molecule has 1 aromatic rings. The van der Waals surface area contributed by atoms with E-state index in [1.54, 1.807) is 7.11 Å². The highest BCUT2D eigenvalue weighted by molar-refractivity contribution is 5.40. The Morgan fingerprint density at radius 3 is 2.59 bits per heavy atom. The number of ether oxygens (including phenoxy) is 2. The fourth-order valence-electron chi connectivity index (χ4n) is 2.98. The van der Waals surface area contributed by atoms with Gasteiger partial charge in [0.15, 0.2) is 0 Å². The molecule has 0 aromatic heterocycles. The summed E-state index contributed by atoms with van der Waals surface area (Å²) in [4.78, 5) is 0. The van der Waals surface area contributed by atoms with Crippen LogP contribution in [0.5, 0.6) is 5.75 Å². The van der Waals surface area contributed by atoms with Gasteiger partial charge in [0.1, 0.15) is 5.75 Å². The van der Waals surface area contributed by atoms with Gasteiger partial charge in [-0.1, -0.05) is 31.5 Å². The van der Waals surface area contributed by atoms with Crippen molar-refractivity contribution in [2.75, 3.05) is 20.3 Å². The number of rotatable bonds is 4. The zero-order chi connectivity index (χ0) is 12.1. The molecular weight excluding hydrogens is 212 g/mol. The normalized spacial score (nSPS) is 18.9. The monoisotopic (exact) mass is 234 g/mol. The van der Waals surface area contributed by atoms with E-state index in [9.17, 15) is 0 Å². The quantitative estimate of drug-likeness (QED) is 0.793. The van der Waals surface area contributed by atoms with Crippen molar-refractivity contribution in [1.82, 2.24) is 0 Å². The Morgan fingerprint density at radius 1 is 1.24 bits per heavy atom. The summed E-state index contributed by atoms with van der Waals surface area (Å²) < 4.78 is 11.1. The molecule has 0 N–H and O–H groups in total. The molecule has 0 atom stereocenters. The molecule has 1 aliphatic heterocycles. The molecule has 1 fully saturated rings. The van der Waals surface area contributed by atoms with Crippen molar-refractivity contribution in [1.29, 1.82) is 0 Å². The van der Waals surface area contributed by atoms with E-state index < -0.39 is 0 Å². The van der Waals surface area contributed by atoms with Crippen molar-refractivity contribution >= 4 is 0 Å². The van der Waals surface area contributed by atoms with Crippen molar-refractivity contribution in [3.05, 3.63) is 29.8 Å². The van der Waals surface area contributed by atoms with E-state index in [-0.39, 0.29) is 5.41 Å². The van der Waals surface area contributed by atoms with Gasteiger partial charge in [-0.3, -0.25) is 0 Å². The smallest absolute Gasteiger partial charge is 0.122 e. The molecule has 0 bridgehead atoms. The number of methoxy groups -OCH3 is 1. The van der Waals surface area contributed by atoms with Crippen LogP contribution < -0.4 is 4.74 Å². The molecule has 2 heteroatoms. The maximum Gasteiger partial charge on any atom is 0.122 e. The predicted molar refractivity (Wildman–Crippen MR) is 69.6 cm³/mol. The van der Waals surface area contributed by atoms with Gasteiger partial charge in [0.25, 0.3) is 0 Å². The Labute approximate surface area is 104 Å². The minimum absolute atomic E-state index is 0.263. The topological polar surface area (TPSA) is 18.5 Å². The minimum Gasteiger partial charge on any atom is -0.496 e. The molecule has 94 valence electrons. The highest BCUT2D eigenvalue weighted by atomic mass is 16.5. The fraction of sp³-hybridized carbons (Fsp3) is 0.600. The van der Waals surface area contributed by atoms with Crippen LogP contribution in [0.4, 0.5) is 0 Å². The molecule has 0 spiro atoms. The van der Waals surface area contributed by atoms with Gasteiger partial charge in [0, 0.05) is 24.2 Å². The summed E-state index contributed by atoms with van der Waals surface area (Å²) in [6, 6.07) is 8.45. The lowest BCUT2D eigenvalue weighted by Gasteiger charge is -2.38. The van der Waals surface area contributed by atoms with Gasteiger partial charge in [0.2, 0.25) is 0 Å². The Kier molecular flexibility index (Phi) is 4.06. The number of para-hydroxylation sites is 1. The standard InChI is InChI=1S/C15H22O2/c1-3-8-15(9-11-17-12-10-15)13-6-4-5-7-14(13)16-2/h4-7H,3,8-12H2,1-2H3. The van der Waals surface area contributed by atoms with Crippen molar-refractivity contribution in [2.45, 2.75) is 38.0 Å². The van der Waals surface area contributed by atoms with Gasteiger partial charge in [-0.2, -0.15) is 0 Å². The van der Waals surface area contributed by atoms with Crippen LogP contribution in [-0.2, 0) is 10.2 Å². The van der Waals surface area contributed by atoms with Crippen LogP contribution in [0.1, 0.15) is 38.2 Å². The van der Waals surface area contributed by atoms with E-state index in [0.717, 1.165) is 31.8 Å². The van der Waals surface area contributed by atoms with Crippen LogP contribution in [0.3, 0.4) is 0 Å². The number of hydrogen-bond donors (Lipinski definition) is 0. The second-order valence-corrected chi connectivity index (χ2v) is 4.84. The zero-order valence-corrected chi connectivity index (χ0v) is 10.9. The molecule has 0 amide bonds. The summed E-state index contributed by atoms with van der Waals surface area (Å²) in [5.41, 5.74) is 1.63. The van der Waals surface area contributed by atoms with Crippen LogP contribution in [0, 0.1) is 0 Å². The fourth-order valence-corrected chi connectivity index (χ4v) is 2.98. The molecule has 1 heterocycles. The molecule has 2 rings (SSSR count). The van der Waals surface area contributed by atoms with E-state index in [1.807, 2.05) is 6.07 Å². The Bertz CT molecular complexity index is 348. The van der Waals surface area contributed by atoms with Gasteiger partial charge in [-0.15, -0.1) is 0 Å². The first-order valence-electron chi connectivity index (χ1n) is 6.53. The van der Waals surface area contributed by atoms with Crippen molar-refractivity contribution in [3.8, 4) is 5.75 Å². The molecule has 2 nitrogen and oxygen atoms in total. The van der Waals surface area contributed by atoms with Gasteiger partial charge in [-0.05, 0) is 25.3 Å². The first-order valence-corrected chi connectivity index (χ1v) is 6.53. The average molecular weight is 234 g/mol. The lowest BCUT2D eigenvalue weighted by molar-refractivity contribution is 0.0456. The maximum absolute atomic E-state index is 5.53. The number of hydrogen-bond acceptors (Lipinski definition) is 2.